The van der Waals surface area contributed by atoms with Crippen LogP contribution in [0.15, 0.2) is 24.3 Å². The molecule has 1 aromatic rings. The van der Waals surface area contributed by atoms with E-state index in [0.717, 1.165) is 18.4 Å². The number of rotatable bonds is 3. The van der Waals surface area contributed by atoms with Crippen LogP contribution in [0, 0.1) is 16.7 Å². The van der Waals surface area contributed by atoms with Gasteiger partial charge in [-0.1, -0.05) is 24.3 Å². The molecule has 4 atom stereocenters. The second-order valence-electron chi connectivity index (χ2n) is 6.49. The summed E-state index contributed by atoms with van der Waals surface area (Å²) in [5.41, 5.74) is 1.44. The van der Waals surface area contributed by atoms with E-state index in [4.69, 9.17) is 4.74 Å². The summed E-state index contributed by atoms with van der Waals surface area (Å²) in [6.45, 7) is 0. The Morgan fingerprint density at radius 1 is 1.25 bits per heavy atom. The average molecular weight is 269 g/mol. The Morgan fingerprint density at radius 2 is 2.05 bits per heavy atom. The molecule has 104 valence electrons. The van der Waals surface area contributed by atoms with Crippen LogP contribution in [-0.2, 0) is 4.74 Å². The van der Waals surface area contributed by atoms with Gasteiger partial charge >= 0.3 is 0 Å². The predicted molar refractivity (Wildman–Crippen MR) is 73.9 cm³/mol. The topological polar surface area (TPSA) is 53.2 Å². The van der Waals surface area contributed by atoms with E-state index < -0.39 is 11.5 Å². The van der Waals surface area contributed by atoms with E-state index in [0.29, 0.717) is 12.3 Å². The second-order valence-corrected chi connectivity index (χ2v) is 6.49. The zero-order valence-corrected chi connectivity index (χ0v) is 11.5. The van der Waals surface area contributed by atoms with Crippen molar-refractivity contribution in [3.8, 4) is 6.07 Å². The van der Waals surface area contributed by atoms with Gasteiger partial charge in [0.15, 0.2) is 0 Å². The van der Waals surface area contributed by atoms with Crippen molar-refractivity contribution in [2.45, 2.75) is 56.3 Å². The maximum absolute atomic E-state index is 10.9. The van der Waals surface area contributed by atoms with Crippen LogP contribution in [0.4, 0.5) is 0 Å². The van der Waals surface area contributed by atoms with Crippen molar-refractivity contribution in [2.24, 2.45) is 5.41 Å². The second kappa shape index (κ2) is 4.31. The molecule has 1 saturated carbocycles. The minimum atomic E-state index is -0.742. The summed E-state index contributed by atoms with van der Waals surface area (Å²) in [5.74, 6) is 0.580. The molecule has 1 N–H and O–H groups in total. The normalized spacial score (nSPS) is 36.8. The maximum Gasteiger partial charge on any atom is 0.116 e. The van der Waals surface area contributed by atoms with Gasteiger partial charge in [-0.3, -0.25) is 0 Å². The molecule has 4 unspecified atom stereocenters. The van der Waals surface area contributed by atoms with E-state index in [-0.39, 0.29) is 12.2 Å². The van der Waals surface area contributed by atoms with Gasteiger partial charge in [0.1, 0.15) is 11.5 Å². The molecule has 3 fully saturated rings. The van der Waals surface area contributed by atoms with Gasteiger partial charge in [-0.15, -0.1) is 0 Å². The predicted octanol–water partition coefficient (Wildman–Crippen LogP) is 3.06. The molecule has 2 saturated heterocycles. The van der Waals surface area contributed by atoms with Crippen molar-refractivity contribution in [3.05, 3.63) is 35.4 Å². The lowest BCUT2D eigenvalue weighted by molar-refractivity contribution is 0.00299. The number of benzene rings is 1. The van der Waals surface area contributed by atoms with Gasteiger partial charge in [0, 0.05) is 0 Å². The lowest BCUT2D eigenvalue weighted by atomic mass is 9.68. The van der Waals surface area contributed by atoms with Crippen LogP contribution < -0.4 is 0 Å². The molecule has 3 heteroatoms. The summed E-state index contributed by atoms with van der Waals surface area (Å²) >= 11 is 0. The molecule has 1 aromatic carbocycles. The number of aliphatic hydroxyl groups is 1. The number of hydrogen-bond acceptors (Lipinski definition) is 3. The van der Waals surface area contributed by atoms with E-state index in [2.05, 4.69) is 12.1 Å². The van der Waals surface area contributed by atoms with Crippen molar-refractivity contribution in [1.82, 2.24) is 0 Å². The van der Waals surface area contributed by atoms with Crippen molar-refractivity contribution in [1.29, 1.82) is 5.26 Å². The summed E-state index contributed by atoms with van der Waals surface area (Å²) in [5, 5.41) is 20.7. The highest BCUT2D eigenvalue weighted by molar-refractivity contribution is 5.38. The first-order chi connectivity index (χ1) is 9.74. The van der Waals surface area contributed by atoms with E-state index in [1.165, 1.54) is 18.4 Å². The van der Waals surface area contributed by atoms with Gasteiger partial charge in [0.2, 0.25) is 0 Å². The Hall–Kier alpha value is -1.37. The van der Waals surface area contributed by atoms with Crippen molar-refractivity contribution >= 4 is 0 Å². The summed E-state index contributed by atoms with van der Waals surface area (Å²) in [6, 6.07) is 10.5. The Bertz CT molecular complexity index is 575. The van der Waals surface area contributed by atoms with Crippen LogP contribution >= 0.6 is 0 Å². The number of hydrogen-bond donors (Lipinski definition) is 1. The van der Waals surface area contributed by atoms with Crippen molar-refractivity contribution in [3.63, 3.8) is 0 Å². The van der Waals surface area contributed by atoms with E-state index in [1.54, 1.807) is 0 Å². The fraction of sp³-hybridized carbons (Fsp3) is 0.588. The van der Waals surface area contributed by atoms with Crippen LogP contribution in [-0.4, -0.2) is 17.3 Å². The van der Waals surface area contributed by atoms with Gasteiger partial charge < -0.3 is 9.84 Å². The fourth-order valence-corrected chi connectivity index (χ4v) is 4.01. The van der Waals surface area contributed by atoms with E-state index in [9.17, 15) is 10.4 Å². The minimum Gasteiger partial charge on any atom is -0.387 e. The zero-order valence-electron chi connectivity index (χ0n) is 11.5. The molecule has 20 heavy (non-hydrogen) atoms. The van der Waals surface area contributed by atoms with Crippen LogP contribution in [0.25, 0.3) is 0 Å². The highest BCUT2D eigenvalue weighted by atomic mass is 16.5. The van der Waals surface area contributed by atoms with E-state index in [1.807, 2.05) is 18.2 Å². The van der Waals surface area contributed by atoms with Gasteiger partial charge in [0.25, 0.3) is 0 Å². The van der Waals surface area contributed by atoms with Gasteiger partial charge in [-0.2, -0.15) is 5.26 Å². The molecule has 2 bridgehead atoms. The first kappa shape index (κ1) is 12.4. The van der Waals surface area contributed by atoms with Crippen LogP contribution in [0.5, 0.6) is 0 Å². The third-order valence-corrected chi connectivity index (χ3v) is 5.25. The Balaban J connectivity index is 1.73. The largest absolute Gasteiger partial charge is 0.387 e. The monoisotopic (exact) mass is 269 g/mol. The lowest BCUT2D eigenvalue weighted by Crippen LogP contribution is -2.37. The molecule has 1 aliphatic carbocycles. The van der Waals surface area contributed by atoms with Crippen molar-refractivity contribution < 1.29 is 9.84 Å². The van der Waals surface area contributed by atoms with E-state index >= 15 is 0 Å². The van der Waals surface area contributed by atoms with Crippen LogP contribution in [0.1, 0.15) is 55.3 Å². The Morgan fingerprint density at radius 3 is 2.65 bits per heavy atom. The maximum atomic E-state index is 10.9. The van der Waals surface area contributed by atoms with Gasteiger partial charge in [-0.05, 0) is 49.1 Å². The van der Waals surface area contributed by atoms with Crippen LogP contribution in [0.3, 0.4) is 0 Å². The number of fused-ring (bicyclic) bond motifs is 2. The Kier molecular flexibility index (Phi) is 2.67. The number of ether oxygens (including phenoxy) is 1. The average Bonchev–Trinajstić information content (AvgIpc) is 3.15. The molecule has 2 heterocycles. The highest BCUT2D eigenvalue weighted by Gasteiger charge is 2.57. The lowest BCUT2D eigenvalue weighted by Gasteiger charge is -2.34. The molecule has 0 amide bonds. The van der Waals surface area contributed by atoms with Gasteiger partial charge in [0.05, 0.1) is 18.3 Å². The SMILES string of the molecule is N#CC1(C(O)c2ccccc2C2CC2)CC2CCC1O2. The molecular formula is C17H19NO2. The Labute approximate surface area is 119 Å². The third-order valence-electron chi connectivity index (χ3n) is 5.25. The number of nitrogens with zero attached hydrogens (tertiary/aromatic N) is 1. The molecule has 0 spiro atoms. The van der Waals surface area contributed by atoms with Gasteiger partial charge in [-0.25, -0.2) is 0 Å². The molecular weight excluding hydrogens is 250 g/mol. The molecule has 0 aromatic heterocycles. The summed E-state index contributed by atoms with van der Waals surface area (Å²) in [7, 11) is 0. The summed E-state index contributed by atoms with van der Waals surface area (Å²) in [6.07, 6.45) is 4.36. The third kappa shape index (κ3) is 1.65. The number of nitriles is 1. The van der Waals surface area contributed by atoms with Crippen molar-refractivity contribution in [2.75, 3.05) is 0 Å². The first-order valence-electron chi connectivity index (χ1n) is 7.58. The first-order valence-corrected chi connectivity index (χ1v) is 7.58. The standard InChI is InChI=1S/C17H19NO2/c18-10-17(9-12-7-8-15(17)20-12)16(19)14-4-2-1-3-13(14)11-5-6-11/h1-4,11-12,15-16,19H,5-9H2. The smallest absolute Gasteiger partial charge is 0.116 e. The highest BCUT2D eigenvalue weighted by Crippen LogP contribution is 2.55. The van der Waals surface area contributed by atoms with Crippen LogP contribution in [0.2, 0.25) is 0 Å². The zero-order chi connectivity index (χ0) is 13.7. The molecule has 2 aliphatic heterocycles. The molecule has 4 rings (SSSR count). The molecule has 3 aliphatic rings. The molecule has 0 radical (unpaired) electrons. The molecule has 3 nitrogen and oxygen atoms in total. The minimum absolute atomic E-state index is 0.0974. The quantitative estimate of drug-likeness (QED) is 0.917. The summed E-state index contributed by atoms with van der Waals surface area (Å²) in [4.78, 5) is 0. The fourth-order valence-electron chi connectivity index (χ4n) is 4.01. The summed E-state index contributed by atoms with van der Waals surface area (Å²) < 4.78 is 5.86. The number of aliphatic hydroxyl groups excluding tert-OH is 1.